The van der Waals surface area contributed by atoms with E-state index in [4.69, 9.17) is 4.74 Å². The number of hydrogen-bond donors (Lipinski definition) is 1. The monoisotopic (exact) mass is 394 g/mol. The molecule has 1 aromatic heterocycles. The van der Waals surface area contributed by atoms with Gasteiger partial charge in [0.2, 0.25) is 5.71 Å². The molecule has 1 N–H and O–H groups in total. The van der Waals surface area contributed by atoms with Crippen LogP contribution in [0.4, 0.5) is 5.13 Å². The Balaban J connectivity index is 1.88. The molecule has 1 aliphatic rings. The van der Waals surface area contributed by atoms with Crippen LogP contribution in [0.15, 0.2) is 44.1 Å². The Kier molecular flexibility index (Phi) is 5.00. The van der Waals surface area contributed by atoms with E-state index < -0.39 is 16.0 Å². The predicted octanol–water partition coefficient (Wildman–Crippen LogP) is 1.62. The minimum atomic E-state index is -3.73. The van der Waals surface area contributed by atoms with Gasteiger partial charge >= 0.3 is 5.97 Å². The molecule has 26 heavy (non-hydrogen) atoms. The fourth-order valence-corrected chi connectivity index (χ4v) is 4.09. The summed E-state index contributed by atoms with van der Waals surface area (Å²) in [5, 5.41) is 8.44. The van der Waals surface area contributed by atoms with Crippen LogP contribution in [0.3, 0.4) is 0 Å². The molecule has 0 bridgehead atoms. The van der Waals surface area contributed by atoms with Crippen molar-refractivity contribution in [3.05, 3.63) is 40.9 Å². The number of nitrogens with zero attached hydrogens (tertiary/aromatic N) is 3. The van der Waals surface area contributed by atoms with Crippen LogP contribution in [0.1, 0.15) is 18.2 Å². The molecule has 0 amide bonds. The van der Waals surface area contributed by atoms with Gasteiger partial charge in [-0.15, -0.1) is 15.7 Å². The number of sulfonamides is 1. The van der Waals surface area contributed by atoms with Crippen molar-refractivity contribution in [2.24, 2.45) is 9.55 Å². The number of carbonyl (C=O) groups excluding carboxylic acids is 1. The van der Waals surface area contributed by atoms with Gasteiger partial charge in [0.05, 0.1) is 6.61 Å². The largest absolute Gasteiger partial charge is 0.461 e. The third-order valence-electron chi connectivity index (χ3n) is 3.26. The van der Waals surface area contributed by atoms with Crippen molar-refractivity contribution in [2.75, 3.05) is 19.0 Å². The van der Waals surface area contributed by atoms with Crippen LogP contribution < -0.4 is 5.32 Å². The van der Waals surface area contributed by atoms with Gasteiger partial charge in [0, 0.05) is 10.9 Å². The van der Waals surface area contributed by atoms with E-state index >= 15 is 0 Å². The summed E-state index contributed by atoms with van der Waals surface area (Å²) >= 11 is 1.16. The third-order valence-corrected chi connectivity index (χ3v) is 5.35. The van der Waals surface area contributed by atoms with Crippen LogP contribution >= 0.6 is 11.3 Å². The highest BCUT2D eigenvalue weighted by Gasteiger charge is 2.29. The first-order valence-corrected chi connectivity index (χ1v) is 9.73. The molecular weight excluding hydrogens is 380 g/mol. The summed E-state index contributed by atoms with van der Waals surface area (Å²) < 4.78 is 32.8. The SMILES string of the molecule is CCOC(=O)/C(=N/OC)c1csc(NC2=NS(=O)(=O)c3ccccc32)n1. The number of esters is 1. The van der Waals surface area contributed by atoms with E-state index in [1.165, 1.54) is 13.2 Å². The van der Waals surface area contributed by atoms with E-state index in [-0.39, 0.29) is 28.7 Å². The molecule has 1 aliphatic heterocycles. The lowest BCUT2D eigenvalue weighted by molar-refractivity contribution is -0.135. The summed E-state index contributed by atoms with van der Waals surface area (Å²) in [6.07, 6.45) is 0. The molecule has 2 heterocycles. The average molecular weight is 394 g/mol. The van der Waals surface area contributed by atoms with Crippen molar-refractivity contribution in [2.45, 2.75) is 11.8 Å². The highest BCUT2D eigenvalue weighted by molar-refractivity contribution is 7.90. The number of benzene rings is 1. The lowest BCUT2D eigenvalue weighted by atomic mass is 10.2. The fraction of sp³-hybridized carbons (Fsp3) is 0.200. The van der Waals surface area contributed by atoms with E-state index in [2.05, 4.69) is 24.7 Å². The Morgan fingerprint density at radius 1 is 1.35 bits per heavy atom. The summed E-state index contributed by atoms with van der Waals surface area (Å²) in [5.74, 6) is -0.500. The molecule has 0 fully saturated rings. The van der Waals surface area contributed by atoms with E-state index in [9.17, 15) is 13.2 Å². The molecule has 0 atom stereocenters. The molecule has 11 heteroatoms. The van der Waals surface area contributed by atoms with Gasteiger partial charge in [-0.2, -0.15) is 8.42 Å². The summed E-state index contributed by atoms with van der Waals surface area (Å²) in [7, 11) is -2.42. The van der Waals surface area contributed by atoms with Crippen molar-refractivity contribution in [1.29, 1.82) is 0 Å². The molecule has 1 aromatic carbocycles. The predicted molar refractivity (Wildman–Crippen MR) is 96.1 cm³/mol. The Bertz CT molecular complexity index is 1010. The zero-order valence-corrected chi connectivity index (χ0v) is 15.4. The van der Waals surface area contributed by atoms with Crippen molar-refractivity contribution in [1.82, 2.24) is 4.98 Å². The minimum absolute atomic E-state index is 0.0833. The standard InChI is InChI=1S/C15H14N4O5S2/c1-3-24-14(20)12(18-23-2)10-8-25-15(16-10)17-13-9-6-4-5-7-11(9)26(21,22)19-13/h4-8H,3H2,1-2H3,(H,16,17,19)/b18-12+. The normalized spacial score (nSPS) is 15.2. The zero-order valence-electron chi connectivity index (χ0n) is 13.8. The van der Waals surface area contributed by atoms with Crippen LogP contribution in [-0.2, 0) is 24.4 Å². The summed E-state index contributed by atoms with van der Waals surface area (Å²) in [6.45, 7) is 1.86. The first-order chi connectivity index (χ1) is 12.5. The number of rotatable bonds is 5. The van der Waals surface area contributed by atoms with Gasteiger partial charge in [-0.1, -0.05) is 17.3 Å². The maximum atomic E-state index is 12.1. The number of ether oxygens (including phenoxy) is 1. The Morgan fingerprint density at radius 3 is 2.85 bits per heavy atom. The number of amidine groups is 1. The second-order valence-electron chi connectivity index (χ2n) is 4.92. The lowest BCUT2D eigenvalue weighted by Crippen LogP contribution is -2.20. The molecule has 136 valence electrons. The maximum Gasteiger partial charge on any atom is 0.362 e. The number of fused-ring (bicyclic) bond motifs is 1. The third kappa shape index (κ3) is 3.44. The molecule has 2 aromatic rings. The number of nitrogens with one attached hydrogen (secondary N) is 1. The number of thiazole rings is 1. The van der Waals surface area contributed by atoms with Gasteiger partial charge in [-0.05, 0) is 19.1 Å². The summed E-state index contributed by atoms with van der Waals surface area (Å²) in [4.78, 5) is 21.0. The molecule has 0 spiro atoms. The fourth-order valence-electron chi connectivity index (χ4n) is 2.22. The van der Waals surface area contributed by atoms with Gasteiger partial charge in [-0.3, -0.25) is 0 Å². The molecule has 0 saturated carbocycles. The molecule has 0 unspecified atom stereocenters. The summed E-state index contributed by atoms with van der Waals surface area (Å²) in [5.41, 5.74) is 0.619. The molecule has 9 nitrogen and oxygen atoms in total. The highest BCUT2D eigenvalue weighted by Crippen LogP contribution is 2.27. The molecule has 0 radical (unpaired) electrons. The quantitative estimate of drug-likeness (QED) is 0.465. The number of aromatic nitrogens is 1. The summed E-state index contributed by atoms with van der Waals surface area (Å²) in [6, 6.07) is 6.48. The van der Waals surface area contributed by atoms with E-state index in [1.54, 1.807) is 30.5 Å². The lowest BCUT2D eigenvalue weighted by Gasteiger charge is -2.03. The number of carbonyl (C=O) groups is 1. The van der Waals surface area contributed by atoms with Gasteiger partial charge in [0.15, 0.2) is 11.0 Å². The van der Waals surface area contributed by atoms with Gasteiger partial charge in [-0.25, -0.2) is 9.78 Å². The topological polar surface area (TPSA) is 119 Å². The molecular formula is C15H14N4O5S2. The van der Waals surface area contributed by atoms with Crippen molar-refractivity contribution in [3.8, 4) is 0 Å². The maximum absolute atomic E-state index is 12.1. The van der Waals surface area contributed by atoms with Crippen LogP contribution in [0.2, 0.25) is 0 Å². The zero-order chi connectivity index (χ0) is 18.7. The van der Waals surface area contributed by atoms with Crippen LogP contribution in [0.5, 0.6) is 0 Å². The van der Waals surface area contributed by atoms with E-state index in [0.29, 0.717) is 10.7 Å². The second kappa shape index (κ2) is 7.22. The Labute approximate surface area is 153 Å². The molecule has 3 rings (SSSR count). The average Bonchev–Trinajstić information content (AvgIpc) is 3.16. The highest BCUT2D eigenvalue weighted by atomic mass is 32.2. The molecule has 0 saturated heterocycles. The number of oxime groups is 1. The Hall–Kier alpha value is -2.79. The number of anilines is 1. The van der Waals surface area contributed by atoms with E-state index in [1.807, 2.05) is 0 Å². The van der Waals surface area contributed by atoms with Crippen LogP contribution in [-0.4, -0.2) is 44.6 Å². The number of hydrogen-bond acceptors (Lipinski definition) is 9. The van der Waals surface area contributed by atoms with Gasteiger partial charge in [0.1, 0.15) is 17.7 Å². The van der Waals surface area contributed by atoms with Crippen molar-refractivity contribution >= 4 is 44.0 Å². The minimum Gasteiger partial charge on any atom is -0.461 e. The smallest absolute Gasteiger partial charge is 0.362 e. The second-order valence-corrected chi connectivity index (χ2v) is 7.35. The van der Waals surface area contributed by atoms with Crippen molar-refractivity contribution in [3.63, 3.8) is 0 Å². The Morgan fingerprint density at radius 2 is 2.12 bits per heavy atom. The van der Waals surface area contributed by atoms with Crippen molar-refractivity contribution < 1.29 is 22.8 Å². The van der Waals surface area contributed by atoms with Crippen LogP contribution in [0.25, 0.3) is 0 Å². The van der Waals surface area contributed by atoms with E-state index in [0.717, 1.165) is 11.3 Å². The first-order valence-electron chi connectivity index (χ1n) is 7.42. The van der Waals surface area contributed by atoms with Gasteiger partial charge < -0.3 is 14.9 Å². The molecule has 0 aliphatic carbocycles. The van der Waals surface area contributed by atoms with Gasteiger partial charge in [0.25, 0.3) is 10.0 Å². The van der Waals surface area contributed by atoms with Crippen LogP contribution in [0, 0.1) is 0 Å². The first kappa shape index (κ1) is 18.0.